The topological polar surface area (TPSA) is 139 Å². The predicted molar refractivity (Wildman–Crippen MR) is 78.1 cm³/mol. The van der Waals surface area contributed by atoms with Gasteiger partial charge in [-0.1, -0.05) is 5.16 Å². The van der Waals surface area contributed by atoms with Crippen LogP contribution in [0, 0.1) is 13.8 Å². The van der Waals surface area contributed by atoms with Crippen molar-refractivity contribution >= 4 is 21.9 Å². The summed E-state index contributed by atoms with van der Waals surface area (Å²) in [5, 5.41) is 15.2. The number of aryl methyl sites for hydroxylation is 2. The first-order chi connectivity index (χ1) is 10.6. The van der Waals surface area contributed by atoms with Crippen molar-refractivity contribution in [2.24, 2.45) is 0 Å². The largest absolute Gasteiger partial charge is 0.480 e. The van der Waals surface area contributed by atoms with Gasteiger partial charge in [0.15, 0.2) is 5.76 Å². The lowest BCUT2D eigenvalue weighted by Crippen LogP contribution is -2.62. The molecule has 3 N–H and O–H groups in total. The molecule has 1 saturated carbocycles. The lowest BCUT2D eigenvalue weighted by Gasteiger charge is -2.38. The van der Waals surface area contributed by atoms with E-state index in [1.807, 2.05) is 0 Å². The highest BCUT2D eigenvalue weighted by Crippen LogP contribution is 2.32. The number of sulfonamides is 1. The Bertz CT molecular complexity index is 715. The summed E-state index contributed by atoms with van der Waals surface area (Å²) < 4.78 is 31.7. The number of amides is 1. The second-order valence-electron chi connectivity index (χ2n) is 5.73. The number of aliphatic carboxylic acids is 1. The van der Waals surface area contributed by atoms with Gasteiger partial charge in [-0.15, -0.1) is 0 Å². The summed E-state index contributed by atoms with van der Waals surface area (Å²) in [6, 6.07) is -1.13. The van der Waals surface area contributed by atoms with Crippen molar-refractivity contribution < 1.29 is 27.6 Å². The predicted octanol–water partition coefficient (Wildman–Crippen LogP) is 0.0817. The molecule has 1 atom stereocenters. The summed E-state index contributed by atoms with van der Waals surface area (Å²) in [6.07, 6.45) is 1.36. The minimum absolute atomic E-state index is 0.114. The average molecular weight is 345 g/mol. The van der Waals surface area contributed by atoms with Crippen molar-refractivity contribution in [3.8, 4) is 0 Å². The van der Waals surface area contributed by atoms with Crippen molar-refractivity contribution in [1.82, 2.24) is 15.2 Å². The van der Waals surface area contributed by atoms with E-state index in [4.69, 9.17) is 4.52 Å². The molecule has 1 unspecified atom stereocenters. The van der Waals surface area contributed by atoms with Crippen LogP contribution < -0.4 is 10.0 Å². The molecule has 1 aliphatic rings. The van der Waals surface area contributed by atoms with Crippen LogP contribution in [0.5, 0.6) is 0 Å². The number of aromatic nitrogens is 1. The van der Waals surface area contributed by atoms with E-state index >= 15 is 0 Å². The quantitative estimate of drug-likeness (QED) is 0.663. The molecule has 0 aromatic carbocycles. The summed E-state index contributed by atoms with van der Waals surface area (Å²) in [5.74, 6) is -1.69. The van der Waals surface area contributed by atoms with Crippen molar-refractivity contribution in [1.29, 1.82) is 0 Å². The van der Waals surface area contributed by atoms with Crippen LogP contribution in [0.25, 0.3) is 0 Å². The lowest BCUT2D eigenvalue weighted by molar-refractivity contribution is -0.152. The Kier molecular flexibility index (Phi) is 4.49. The van der Waals surface area contributed by atoms with Crippen LogP contribution in [-0.4, -0.2) is 42.1 Å². The maximum absolute atomic E-state index is 12.3. The zero-order chi connectivity index (χ0) is 17.4. The number of nitrogens with zero attached hydrogens (tertiary/aromatic N) is 1. The van der Waals surface area contributed by atoms with Gasteiger partial charge in [0, 0.05) is 0 Å². The van der Waals surface area contributed by atoms with E-state index in [9.17, 15) is 23.1 Å². The molecule has 1 aliphatic carbocycles. The van der Waals surface area contributed by atoms with E-state index in [0.29, 0.717) is 19.3 Å². The monoisotopic (exact) mass is 345 g/mol. The highest BCUT2D eigenvalue weighted by atomic mass is 32.2. The van der Waals surface area contributed by atoms with Crippen molar-refractivity contribution in [2.75, 3.05) is 0 Å². The van der Waals surface area contributed by atoms with Crippen LogP contribution in [0.4, 0.5) is 0 Å². The standard InChI is InChI=1S/C13H19N3O6S/c1-7-10(9(3)22-15-7)23(20,21)16-8(2)11(17)14-13(12(18)19)5-4-6-13/h8,16H,4-6H2,1-3H3,(H,14,17)(H,18,19). The fraction of sp³-hybridized carbons (Fsp3) is 0.615. The summed E-state index contributed by atoms with van der Waals surface area (Å²) in [4.78, 5) is 23.3. The van der Waals surface area contributed by atoms with Crippen LogP contribution >= 0.6 is 0 Å². The molecule has 1 aromatic rings. The Morgan fingerprint density at radius 3 is 2.35 bits per heavy atom. The molecule has 0 bridgehead atoms. The van der Waals surface area contributed by atoms with Gasteiger partial charge < -0.3 is 14.9 Å². The first kappa shape index (κ1) is 17.4. The molecule has 1 amide bonds. The van der Waals surface area contributed by atoms with Gasteiger partial charge in [0.1, 0.15) is 16.1 Å². The molecule has 2 rings (SSSR count). The Labute approximate surface area is 133 Å². The Morgan fingerprint density at radius 1 is 1.35 bits per heavy atom. The second-order valence-corrected chi connectivity index (χ2v) is 7.38. The van der Waals surface area contributed by atoms with Gasteiger partial charge in [-0.2, -0.15) is 4.72 Å². The molecule has 10 heteroatoms. The highest BCUT2D eigenvalue weighted by Gasteiger charge is 2.46. The van der Waals surface area contributed by atoms with Crippen LogP contribution in [0.2, 0.25) is 0 Å². The average Bonchev–Trinajstić information content (AvgIpc) is 2.72. The van der Waals surface area contributed by atoms with Gasteiger partial charge in [-0.25, -0.2) is 13.2 Å². The van der Waals surface area contributed by atoms with Crippen LogP contribution in [0.3, 0.4) is 0 Å². The molecular formula is C13H19N3O6S. The number of hydrogen-bond acceptors (Lipinski definition) is 6. The SMILES string of the molecule is Cc1noc(C)c1S(=O)(=O)NC(C)C(=O)NC1(C(=O)O)CCC1. The minimum atomic E-state index is -4.00. The molecule has 23 heavy (non-hydrogen) atoms. The molecule has 1 aromatic heterocycles. The fourth-order valence-electron chi connectivity index (χ4n) is 2.47. The maximum Gasteiger partial charge on any atom is 0.329 e. The Hall–Kier alpha value is -1.94. The molecule has 0 saturated heterocycles. The maximum atomic E-state index is 12.3. The molecule has 0 radical (unpaired) electrons. The molecule has 1 fully saturated rings. The zero-order valence-electron chi connectivity index (χ0n) is 13.0. The third-order valence-corrected chi connectivity index (χ3v) is 5.72. The van der Waals surface area contributed by atoms with E-state index in [0.717, 1.165) is 0 Å². The van der Waals surface area contributed by atoms with Gasteiger partial charge in [0.25, 0.3) is 0 Å². The number of nitrogens with one attached hydrogen (secondary N) is 2. The highest BCUT2D eigenvalue weighted by molar-refractivity contribution is 7.89. The van der Waals surface area contributed by atoms with Crippen molar-refractivity contribution in [3.05, 3.63) is 11.5 Å². The smallest absolute Gasteiger partial charge is 0.329 e. The Balaban J connectivity index is 2.11. The van der Waals surface area contributed by atoms with E-state index in [-0.39, 0.29) is 16.3 Å². The first-order valence-corrected chi connectivity index (χ1v) is 8.58. The van der Waals surface area contributed by atoms with E-state index in [1.54, 1.807) is 0 Å². The lowest BCUT2D eigenvalue weighted by atomic mass is 9.76. The van der Waals surface area contributed by atoms with Crippen LogP contribution in [-0.2, 0) is 19.6 Å². The number of carbonyl (C=O) groups is 2. The number of carboxylic acid groups (broad SMARTS) is 1. The summed E-state index contributed by atoms with van der Waals surface area (Å²) in [6.45, 7) is 4.27. The second kappa shape index (κ2) is 5.93. The molecule has 0 spiro atoms. The molecule has 9 nitrogen and oxygen atoms in total. The van der Waals surface area contributed by atoms with E-state index in [2.05, 4.69) is 15.2 Å². The molecule has 0 aliphatic heterocycles. The third kappa shape index (κ3) is 3.22. The number of carboxylic acids is 1. The molecule has 128 valence electrons. The summed E-state index contributed by atoms with van der Waals surface area (Å²) in [5.41, 5.74) is -1.11. The van der Waals surface area contributed by atoms with Gasteiger partial charge in [-0.05, 0) is 40.0 Å². The Morgan fingerprint density at radius 2 is 1.96 bits per heavy atom. The van der Waals surface area contributed by atoms with Crippen LogP contribution in [0.1, 0.15) is 37.6 Å². The number of carbonyl (C=O) groups excluding carboxylic acids is 1. The summed E-state index contributed by atoms with van der Waals surface area (Å²) >= 11 is 0. The molecular weight excluding hydrogens is 326 g/mol. The van der Waals surface area contributed by atoms with Gasteiger partial charge in [0.05, 0.1) is 6.04 Å². The van der Waals surface area contributed by atoms with Crippen molar-refractivity contribution in [3.63, 3.8) is 0 Å². The third-order valence-electron chi connectivity index (χ3n) is 3.94. The zero-order valence-corrected chi connectivity index (χ0v) is 13.9. The fourth-order valence-corrected chi connectivity index (χ4v) is 4.00. The van der Waals surface area contributed by atoms with Gasteiger partial charge in [0.2, 0.25) is 15.9 Å². The minimum Gasteiger partial charge on any atom is -0.480 e. The van der Waals surface area contributed by atoms with Gasteiger partial charge in [-0.3, -0.25) is 4.79 Å². The van der Waals surface area contributed by atoms with E-state index in [1.165, 1.54) is 20.8 Å². The van der Waals surface area contributed by atoms with Crippen molar-refractivity contribution in [2.45, 2.75) is 56.5 Å². The molecule has 1 heterocycles. The first-order valence-electron chi connectivity index (χ1n) is 7.10. The summed E-state index contributed by atoms with van der Waals surface area (Å²) in [7, 11) is -4.00. The van der Waals surface area contributed by atoms with Crippen LogP contribution in [0.15, 0.2) is 9.42 Å². The van der Waals surface area contributed by atoms with E-state index < -0.39 is 33.5 Å². The van der Waals surface area contributed by atoms with Gasteiger partial charge >= 0.3 is 5.97 Å². The number of hydrogen-bond donors (Lipinski definition) is 3. The normalized spacial score (nSPS) is 18.0. The number of rotatable bonds is 6.